The minimum atomic E-state index is -1.12. The number of fused-ring (bicyclic) bond motifs is 3. The van der Waals surface area contributed by atoms with Crippen LogP contribution in [0, 0.1) is 0 Å². The van der Waals surface area contributed by atoms with Crippen LogP contribution >= 0.6 is 0 Å². The van der Waals surface area contributed by atoms with E-state index in [1.54, 1.807) is 31.2 Å². The Balaban J connectivity index is 1.98. The molecular weight excluding hydrogens is 392 g/mol. The Labute approximate surface area is 171 Å². The normalized spacial score (nSPS) is 17.3. The lowest BCUT2D eigenvalue weighted by atomic mass is 9.88. The average Bonchev–Trinajstić information content (AvgIpc) is 3.16. The lowest BCUT2D eigenvalue weighted by Gasteiger charge is -2.19. The first-order valence-corrected chi connectivity index (χ1v) is 9.34. The Hall–Kier alpha value is -3.68. The van der Waals surface area contributed by atoms with E-state index in [0.29, 0.717) is 16.5 Å². The minimum Gasteiger partial charge on any atom is -0.502 e. The summed E-state index contributed by atoms with van der Waals surface area (Å²) in [6.45, 7) is 1.84. The Bertz CT molecular complexity index is 1150. The van der Waals surface area contributed by atoms with Crippen LogP contribution in [-0.4, -0.2) is 38.0 Å². The zero-order valence-electron chi connectivity index (χ0n) is 16.6. The molecule has 2 aromatic carbocycles. The summed E-state index contributed by atoms with van der Waals surface area (Å²) in [4.78, 5) is 25.6. The molecule has 1 aromatic heterocycles. The van der Waals surface area contributed by atoms with Gasteiger partial charge >= 0.3 is 11.6 Å². The van der Waals surface area contributed by atoms with Crippen LogP contribution in [0.3, 0.4) is 0 Å². The van der Waals surface area contributed by atoms with Gasteiger partial charge in [0.15, 0.2) is 11.5 Å². The molecular formula is C22H20O8. The van der Waals surface area contributed by atoms with Crippen molar-refractivity contribution in [3.8, 4) is 23.0 Å². The number of aromatic hydroxyl groups is 1. The van der Waals surface area contributed by atoms with E-state index in [4.69, 9.17) is 23.4 Å². The summed E-state index contributed by atoms with van der Waals surface area (Å²) < 4.78 is 27.1. The van der Waals surface area contributed by atoms with Crippen LogP contribution in [-0.2, 0) is 9.53 Å². The maximum Gasteiger partial charge on any atom is 0.348 e. The van der Waals surface area contributed by atoms with E-state index in [1.807, 2.05) is 0 Å². The lowest BCUT2D eigenvalue weighted by molar-refractivity contribution is -0.151. The summed E-state index contributed by atoms with van der Waals surface area (Å²) in [7, 11) is 2.78. The monoisotopic (exact) mass is 412 g/mol. The molecule has 2 unspecified atom stereocenters. The molecule has 0 radical (unpaired) electrons. The smallest absolute Gasteiger partial charge is 0.348 e. The van der Waals surface area contributed by atoms with E-state index in [0.717, 1.165) is 0 Å². The van der Waals surface area contributed by atoms with Gasteiger partial charge in [-0.2, -0.15) is 0 Å². The molecule has 0 saturated heterocycles. The highest BCUT2D eigenvalue weighted by Crippen LogP contribution is 2.48. The molecule has 0 bridgehead atoms. The maximum atomic E-state index is 12.9. The first-order valence-electron chi connectivity index (χ1n) is 9.34. The standard InChI is InChI=1S/C22H20O8/c1-4-28-22(25)20-16(11-9-14(26-2)18(23)15(10-11)27-3)17-19(30-20)12-7-5-6-8-13(12)29-21(17)24/h5-10,16,20,23H,4H2,1-3H3. The Morgan fingerprint density at radius 2 is 1.80 bits per heavy atom. The van der Waals surface area contributed by atoms with E-state index in [-0.39, 0.29) is 35.2 Å². The van der Waals surface area contributed by atoms with Crippen LogP contribution in [0.1, 0.15) is 24.0 Å². The first kappa shape index (κ1) is 19.6. The minimum absolute atomic E-state index is 0.130. The van der Waals surface area contributed by atoms with Crippen molar-refractivity contribution in [3.05, 3.63) is 57.9 Å². The van der Waals surface area contributed by atoms with Gasteiger partial charge in [0.25, 0.3) is 0 Å². The molecule has 0 saturated carbocycles. The summed E-state index contributed by atoms with van der Waals surface area (Å²) in [6, 6.07) is 9.98. The Morgan fingerprint density at radius 1 is 1.13 bits per heavy atom. The molecule has 1 aliphatic heterocycles. The highest BCUT2D eigenvalue weighted by Gasteiger charge is 2.45. The van der Waals surface area contributed by atoms with Gasteiger partial charge in [0.05, 0.1) is 37.7 Å². The SMILES string of the molecule is CCOC(=O)C1Oc2c(c(=O)oc3ccccc23)C1c1cc(OC)c(O)c(OC)c1. The quantitative estimate of drug-likeness (QED) is 0.504. The molecule has 8 nitrogen and oxygen atoms in total. The van der Waals surface area contributed by atoms with Crippen LogP contribution in [0.2, 0.25) is 0 Å². The van der Waals surface area contributed by atoms with Gasteiger partial charge < -0.3 is 28.5 Å². The number of hydrogen-bond acceptors (Lipinski definition) is 8. The van der Waals surface area contributed by atoms with Gasteiger partial charge in [0.2, 0.25) is 11.9 Å². The number of phenolic OH excluding ortho intramolecular Hbond substituents is 1. The summed E-state index contributed by atoms with van der Waals surface area (Å²) in [6.07, 6.45) is -1.12. The summed E-state index contributed by atoms with van der Waals surface area (Å²) in [5, 5.41) is 10.8. The van der Waals surface area contributed by atoms with Gasteiger partial charge in [-0.1, -0.05) is 12.1 Å². The van der Waals surface area contributed by atoms with Gasteiger partial charge in [-0.3, -0.25) is 0 Å². The highest BCUT2D eigenvalue weighted by molar-refractivity contribution is 5.88. The number of carbonyl (C=O) groups excluding carboxylic acids is 1. The highest BCUT2D eigenvalue weighted by atomic mass is 16.6. The summed E-state index contributed by atoms with van der Waals surface area (Å²) in [5.41, 5.74) is 0.402. The predicted octanol–water partition coefficient (Wildman–Crippen LogP) is 2.97. The zero-order valence-corrected chi connectivity index (χ0v) is 16.6. The van der Waals surface area contributed by atoms with Crippen molar-refractivity contribution >= 4 is 16.9 Å². The predicted molar refractivity (Wildman–Crippen MR) is 107 cm³/mol. The molecule has 2 atom stereocenters. The molecule has 30 heavy (non-hydrogen) atoms. The molecule has 0 spiro atoms. The number of benzene rings is 2. The van der Waals surface area contributed by atoms with Gasteiger partial charge in [0.1, 0.15) is 11.3 Å². The zero-order chi connectivity index (χ0) is 21.4. The molecule has 1 N–H and O–H groups in total. The maximum absolute atomic E-state index is 12.9. The lowest BCUT2D eigenvalue weighted by Crippen LogP contribution is -2.32. The van der Waals surface area contributed by atoms with Gasteiger partial charge in [-0.25, -0.2) is 9.59 Å². The van der Waals surface area contributed by atoms with Crippen molar-refractivity contribution in [2.75, 3.05) is 20.8 Å². The summed E-state index contributed by atoms with van der Waals surface area (Å²) in [5.74, 6) is -1.12. The van der Waals surface area contributed by atoms with Crippen LogP contribution < -0.4 is 19.8 Å². The first-order chi connectivity index (χ1) is 14.5. The fourth-order valence-corrected chi connectivity index (χ4v) is 3.72. The third-order valence-corrected chi connectivity index (χ3v) is 5.04. The fourth-order valence-electron chi connectivity index (χ4n) is 3.72. The number of carbonyl (C=O) groups is 1. The van der Waals surface area contributed by atoms with E-state index in [1.165, 1.54) is 26.4 Å². The Kier molecular flexibility index (Phi) is 4.99. The number of esters is 1. The van der Waals surface area contributed by atoms with Crippen molar-refractivity contribution in [1.82, 2.24) is 0 Å². The molecule has 0 aliphatic carbocycles. The molecule has 8 heteroatoms. The second kappa shape index (κ2) is 7.62. The topological polar surface area (TPSA) is 104 Å². The Morgan fingerprint density at radius 3 is 2.43 bits per heavy atom. The largest absolute Gasteiger partial charge is 0.502 e. The van der Waals surface area contributed by atoms with Gasteiger partial charge in [0, 0.05) is 0 Å². The number of phenols is 1. The van der Waals surface area contributed by atoms with E-state index in [9.17, 15) is 14.7 Å². The molecule has 0 amide bonds. The van der Waals surface area contributed by atoms with E-state index in [2.05, 4.69) is 0 Å². The molecule has 156 valence electrons. The third kappa shape index (κ3) is 3.01. The summed E-state index contributed by atoms with van der Waals surface area (Å²) >= 11 is 0. The van der Waals surface area contributed by atoms with Crippen LogP contribution in [0.25, 0.3) is 11.0 Å². The van der Waals surface area contributed by atoms with Crippen LogP contribution in [0.15, 0.2) is 45.6 Å². The number of rotatable bonds is 5. The van der Waals surface area contributed by atoms with Crippen molar-refractivity contribution in [2.24, 2.45) is 0 Å². The van der Waals surface area contributed by atoms with Crippen molar-refractivity contribution in [2.45, 2.75) is 18.9 Å². The second-order valence-corrected chi connectivity index (χ2v) is 6.67. The number of hydrogen-bond donors (Lipinski definition) is 1. The second-order valence-electron chi connectivity index (χ2n) is 6.67. The van der Waals surface area contributed by atoms with Crippen molar-refractivity contribution in [1.29, 1.82) is 0 Å². The molecule has 3 aromatic rings. The van der Waals surface area contributed by atoms with Crippen molar-refractivity contribution < 1.29 is 33.3 Å². The average molecular weight is 412 g/mol. The molecule has 2 heterocycles. The molecule has 0 fully saturated rings. The fraction of sp³-hybridized carbons (Fsp3) is 0.273. The van der Waals surface area contributed by atoms with Gasteiger partial charge in [-0.15, -0.1) is 0 Å². The molecule has 1 aliphatic rings. The van der Waals surface area contributed by atoms with Crippen LogP contribution in [0.5, 0.6) is 23.0 Å². The van der Waals surface area contributed by atoms with Crippen LogP contribution in [0.4, 0.5) is 0 Å². The number of methoxy groups -OCH3 is 2. The third-order valence-electron chi connectivity index (χ3n) is 5.04. The number of para-hydroxylation sites is 1. The van der Waals surface area contributed by atoms with E-state index < -0.39 is 23.6 Å². The van der Waals surface area contributed by atoms with E-state index >= 15 is 0 Å². The number of ether oxygens (including phenoxy) is 4. The van der Waals surface area contributed by atoms with Crippen molar-refractivity contribution in [3.63, 3.8) is 0 Å². The molecule has 4 rings (SSSR count). The van der Waals surface area contributed by atoms with Gasteiger partial charge in [-0.05, 0) is 36.8 Å².